The molecule has 0 aliphatic carbocycles. The molecule has 0 atom stereocenters. The minimum absolute atomic E-state index is 0.205. The lowest BCUT2D eigenvalue weighted by molar-refractivity contribution is -0.136. The van der Waals surface area contributed by atoms with E-state index < -0.39 is 11.8 Å². The summed E-state index contributed by atoms with van der Waals surface area (Å²) in [6.45, 7) is 5.63. The van der Waals surface area contributed by atoms with E-state index in [1.807, 2.05) is 51.1 Å². The van der Waals surface area contributed by atoms with Crippen LogP contribution in [-0.4, -0.2) is 30.5 Å². The Morgan fingerprint density at radius 3 is 2.18 bits per heavy atom. The Balaban J connectivity index is 1.53. The Morgan fingerprint density at radius 1 is 0.794 bits per heavy atom. The number of carbonyl (C=O) groups is 3. The van der Waals surface area contributed by atoms with Crippen molar-refractivity contribution in [3.63, 3.8) is 0 Å². The molecule has 0 fully saturated rings. The Kier molecular flexibility index (Phi) is 8.12. The molecule has 0 unspecified atom stereocenters. The van der Waals surface area contributed by atoms with E-state index in [2.05, 4.69) is 21.2 Å². The van der Waals surface area contributed by atoms with Gasteiger partial charge in [-0.05, 0) is 68.3 Å². The number of anilines is 2. The Hall–Kier alpha value is -4.46. The second-order valence-electron chi connectivity index (χ2n) is 7.77. The normalized spacial score (nSPS) is 10.6. The topological polar surface area (TPSA) is 109 Å². The van der Waals surface area contributed by atoms with Gasteiger partial charge in [0.15, 0.2) is 6.61 Å². The number of nitrogens with zero attached hydrogens (tertiary/aromatic N) is 1. The molecule has 3 amide bonds. The fourth-order valence-electron chi connectivity index (χ4n) is 3.14. The van der Waals surface area contributed by atoms with Gasteiger partial charge >= 0.3 is 11.8 Å². The highest BCUT2D eigenvalue weighted by Crippen LogP contribution is 2.17. The van der Waals surface area contributed by atoms with Crippen LogP contribution in [0, 0.1) is 20.8 Å². The van der Waals surface area contributed by atoms with Crippen LogP contribution in [0.3, 0.4) is 0 Å². The number of carbonyl (C=O) groups excluding carboxylic acids is 3. The SMILES string of the molecule is Cc1ccc(NC(=O)C(=O)N/N=C\c2ccccc2OCC(=O)Nc2cc(C)cc(C)c2)cc1. The van der Waals surface area contributed by atoms with E-state index in [9.17, 15) is 14.4 Å². The predicted molar refractivity (Wildman–Crippen MR) is 132 cm³/mol. The zero-order valence-corrected chi connectivity index (χ0v) is 19.2. The summed E-state index contributed by atoms with van der Waals surface area (Å²) >= 11 is 0. The fourth-order valence-corrected chi connectivity index (χ4v) is 3.14. The molecule has 0 radical (unpaired) electrons. The van der Waals surface area contributed by atoms with Crippen LogP contribution in [0.25, 0.3) is 0 Å². The van der Waals surface area contributed by atoms with E-state index in [1.165, 1.54) is 6.21 Å². The van der Waals surface area contributed by atoms with Crippen molar-refractivity contribution in [3.05, 3.63) is 89.0 Å². The molecule has 0 aliphatic heterocycles. The monoisotopic (exact) mass is 458 g/mol. The van der Waals surface area contributed by atoms with E-state index in [4.69, 9.17) is 4.74 Å². The lowest BCUT2D eigenvalue weighted by Gasteiger charge is -2.10. The summed E-state index contributed by atoms with van der Waals surface area (Å²) < 4.78 is 5.63. The third kappa shape index (κ3) is 7.30. The molecule has 0 spiro atoms. The van der Waals surface area contributed by atoms with Gasteiger partial charge in [0.05, 0.1) is 6.21 Å². The van der Waals surface area contributed by atoms with Crippen LogP contribution in [0.4, 0.5) is 11.4 Å². The Labute approximate surface area is 198 Å². The van der Waals surface area contributed by atoms with Crippen molar-refractivity contribution in [2.24, 2.45) is 5.10 Å². The van der Waals surface area contributed by atoms with Crippen molar-refractivity contribution in [3.8, 4) is 5.75 Å². The Bertz CT molecular complexity index is 1200. The average molecular weight is 459 g/mol. The second-order valence-corrected chi connectivity index (χ2v) is 7.77. The number of para-hydroxylation sites is 1. The van der Waals surface area contributed by atoms with E-state index in [-0.39, 0.29) is 12.5 Å². The van der Waals surface area contributed by atoms with Gasteiger partial charge in [-0.25, -0.2) is 5.43 Å². The van der Waals surface area contributed by atoms with Crippen molar-refractivity contribution in [1.82, 2.24) is 5.43 Å². The van der Waals surface area contributed by atoms with Crippen LogP contribution in [0.5, 0.6) is 5.75 Å². The molecule has 3 aromatic rings. The van der Waals surface area contributed by atoms with Crippen molar-refractivity contribution >= 4 is 35.3 Å². The van der Waals surface area contributed by atoms with Crippen LogP contribution >= 0.6 is 0 Å². The largest absolute Gasteiger partial charge is 0.483 e. The van der Waals surface area contributed by atoms with Crippen molar-refractivity contribution in [2.75, 3.05) is 17.2 Å². The first-order valence-electron chi connectivity index (χ1n) is 10.6. The van der Waals surface area contributed by atoms with Gasteiger partial charge in [-0.3, -0.25) is 14.4 Å². The van der Waals surface area contributed by atoms with Gasteiger partial charge < -0.3 is 15.4 Å². The maximum atomic E-state index is 12.3. The van der Waals surface area contributed by atoms with Crippen LogP contribution in [0.2, 0.25) is 0 Å². The quantitative estimate of drug-likeness (QED) is 0.285. The molecule has 3 rings (SSSR count). The predicted octanol–water partition coefficient (Wildman–Crippen LogP) is 3.72. The van der Waals surface area contributed by atoms with Crippen LogP contribution < -0.4 is 20.8 Å². The number of benzene rings is 3. The number of aryl methyl sites for hydroxylation is 3. The molecule has 0 saturated carbocycles. The van der Waals surface area contributed by atoms with Crippen LogP contribution in [0.1, 0.15) is 22.3 Å². The molecule has 0 bridgehead atoms. The molecule has 0 aromatic heterocycles. The minimum atomic E-state index is -0.914. The summed E-state index contributed by atoms with van der Waals surface area (Å²) in [5.74, 6) is -1.66. The summed E-state index contributed by atoms with van der Waals surface area (Å²) in [6, 6.07) is 19.7. The van der Waals surface area contributed by atoms with E-state index in [0.717, 1.165) is 16.7 Å². The fraction of sp³-hybridized carbons (Fsp3) is 0.154. The first-order valence-corrected chi connectivity index (χ1v) is 10.6. The molecule has 0 saturated heterocycles. The lowest BCUT2D eigenvalue weighted by atomic mass is 10.1. The van der Waals surface area contributed by atoms with Gasteiger partial charge in [0.2, 0.25) is 0 Å². The maximum absolute atomic E-state index is 12.3. The number of nitrogens with one attached hydrogen (secondary N) is 3. The molecule has 174 valence electrons. The minimum Gasteiger partial charge on any atom is -0.483 e. The number of hydrazone groups is 1. The first-order chi connectivity index (χ1) is 16.3. The van der Waals surface area contributed by atoms with Crippen molar-refractivity contribution in [1.29, 1.82) is 0 Å². The lowest BCUT2D eigenvalue weighted by Crippen LogP contribution is -2.32. The molecule has 0 heterocycles. The molecule has 0 aliphatic rings. The zero-order chi connectivity index (χ0) is 24.5. The number of rotatable bonds is 7. The Morgan fingerprint density at radius 2 is 1.47 bits per heavy atom. The first kappa shape index (κ1) is 24.2. The zero-order valence-electron chi connectivity index (χ0n) is 19.2. The van der Waals surface area contributed by atoms with Gasteiger partial charge in [0, 0.05) is 16.9 Å². The summed E-state index contributed by atoms with van der Waals surface area (Å²) in [5.41, 5.74) is 7.05. The molecule has 3 N–H and O–H groups in total. The highest BCUT2D eigenvalue weighted by Gasteiger charge is 2.13. The number of amides is 3. The van der Waals surface area contributed by atoms with Gasteiger partial charge in [-0.1, -0.05) is 35.9 Å². The molecule has 3 aromatic carbocycles. The molecule has 34 heavy (non-hydrogen) atoms. The van der Waals surface area contributed by atoms with Gasteiger partial charge in [0.1, 0.15) is 5.75 Å². The highest BCUT2D eigenvalue weighted by atomic mass is 16.5. The van der Waals surface area contributed by atoms with Crippen molar-refractivity contribution in [2.45, 2.75) is 20.8 Å². The molecule has 8 heteroatoms. The van der Waals surface area contributed by atoms with Gasteiger partial charge in [-0.15, -0.1) is 0 Å². The van der Waals surface area contributed by atoms with E-state index >= 15 is 0 Å². The number of ether oxygens (including phenoxy) is 1. The third-order valence-electron chi connectivity index (χ3n) is 4.67. The van der Waals surface area contributed by atoms with E-state index in [0.29, 0.717) is 22.7 Å². The third-order valence-corrected chi connectivity index (χ3v) is 4.67. The highest BCUT2D eigenvalue weighted by molar-refractivity contribution is 6.39. The summed E-state index contributed by atoms with van der Waals surface area (Å²) in [7, 11) is 0. The maximum Gasteiger partial charge on any atom is 0.329 e. The molecular formula is C26H26N4O4. The van der Waals surface area contributed by atoms with Crippen LogP contribution in [0.15, 0.2) is 71.8 Å². The standard InChI is InChI=1S/C26H26N4O4/c1-17-8-10-21(11-9-17)29-25(32)26(33)30-27-15-20-6-4-5-7-23(20)34-16-24(31)28-22-13-18(2)12-19(3)14-22/h4-15H,16H2,1-3H3,(H,28,31)(H,29,32)(H,30,33)/b27-15-. The van der Waals surface area contributed by atoms with Crippen molar-refractivity contribution < 1.29 is 19.1 Å². The summed E-state index contributed by atoms with van der Waals surface area (Å²) in [4.78, 5) is 36.3. The molecule has 8 nitrogen and oxygen atoms in total. The van der Waals surface area contributed by atoms with Gasteiger partial charge in [-0.2, -0.15) is 5.10 Å². The summed E-state index contributed by atoms with van der Waals surface area (Å²) in [5, 5.41) is 9.13. The van der Waals surface area contributed by atoms with Crippen LogP contribution in [-0.2, 0) is 14.4 Å². The summed E-state index contributed by atoms with van der Waals surface area (Å²) in [6.07, 6.45) is 1.34. The second kappa shape index (κ2) is 11.4. The molecular weight excluding hydrogens is 432 g/mol. The number of hydrogen-bond acceptors (Lipinski definition) is 5. The average Bonchev–Trinajstić information content (AvgIpc) is 2.79. The van der Waals surface area contributed by atoms with Gasteiger partial charge in [0.25, 0.3) is 5.91 Å². The van der Waals surface area contributed by atoms with E-state index in [1.54, 1.807) is 36.4 Å². The number of hydrogen-bond donors (Lipinski definition) is 3. The smallest absolute Gasteiger partial charge is 0.329 e.